The lowest BCUT2D eigenvalue weighted by Crippen LogP contribution is -2.18. The van der Waals surface area contributed by atoms with E-state index in [-0.39, 0.29) is 5.69 Å². The van der Waals surface area contributed by atoms with Crippen LogP contribution >= 0.6 is 0 Å². The van der Waals surface area contributed by atoms with Crippen molar-refractivity contribution in [3.63, 3.8) is 0 Å². The quantitative estimate of drug-likeness (QED) is 0.557. The number of methoxy groups -OCH3 is 1. The Labute approximate surface area is 148 Å². The van der Waals surface area contributed by atoms with Gasteiger partial charge in [0.2, 0.25) is 0 Å². The van der Waals surface area contributed by atoms with Crippen LogP contribution in [-0.4, -0.2) is 32.6 Å². The Morgan fingerprint density at radius 1 is 1.12 bits per heavy atom. The van der Waals surface area contributed by atoms with E-state index in [0.717, 1.165) is 5.56 Å². The Bertz CT molecular complexity index is 1170. The third-order valence-corrected chi connectivity index (χ3v) is 4.28. The molecule has 0 aliphatic carbocycles. The summed E-state index contributed by atoms with van der Waals surface area (Å²) in [7, 11) is 1.32. The lowest BCUT2D eigenvalue weighted by Gasteiger charge is -2.08. The van der Waals surface area contributed by atoms with Crippen LogP contribution in [0.3, 0.4) is 0 Å². The number of hydrogen-bond acceptors (Lipinski definition) is 4. The fourth-order valence-corrected chi connectivity index (χ4v) is 3.15. The fourth-order valence-electron chi connectivity index (χ4n) is 3.15. The van der Waals surface area contributed by atoms with Gasteiger partial charge in [-0.25, -0.2) is 19.1 Å². The first-order chi connectivity index (χ1) is 12.6. The lowest BCUT2D eigenvalue weighted by atomic mass is 10.1. The van der Waals surface area contributed by atoms with Crippen molar-refractivity contribution in [3.05, 3.63) is 70.4 Å². The molecule has 0 unspecified atom stereocenters. The molecule has 1 aromatic carbocycles. The normalized spacial score (nSPS) is 11.0. The number of aromatic amines is 2. The molecule has 7 heteroatoms. The Morgan fingerprint density at radius 3 is 2.62 bits per heavy atom. The first-order valence-corrected chi connectivity index (χ1v) is 8.04. The zero-order valence-electron chi connectivity index (χ0n) is 14.2. The van der Waals surface area contributed by atoms with Crippen LogP contribution in [0, 0.1) is 6.92 Å². The predicted octanol–water partition coefficient (Wildman–Crippen LogP) is 2.80. The average Bonchev–Trinajstić information content (AvgIpc) is 3.17. The van der Waals surface area contributed by atoms with Crippen molar-refractivity contribution in [2.24, 2.45) is 0 Å². The summed E-state index contributed by atoms with van der Waals surface area (Å²) in [6.07, 6.45) is 1.60. The summed E-state index contributed by atoms with van der Waals surface area (Å²) in [4.78, 5) is 35.5. The van der Waals surface area contributed by atoms with Gasteiger partial charge in [0, 0.05) is 17.5 Å². The predicted molar refractivity (Wildman–Crippen MR) is 97.6 cm³/mol. The maximum atomic E-state index is 12.7. The van der Waals surface area contributed by atoms with Crippen LogP contribution in [0.4, 0.5) is 0 Å². The summed E-state index contributed by atoms with van der Waals surface area (Å²) in [5, 5.41) is 0. The van der Waals surface area contributed by atoms with E-state index in [1.165, 1.54) is 11.7 Å². The Balaban J connectivity index is 2.13. The van der Waals surface area contributed by atoms with E-state index in [0.29, 0.717) is 33.8 Å². The molecule has 4 aromatic rings. The second-order valence-corrected chi connectivity index (χ2v) is 5.85. The van der Waals surface area contributed by atoms with Crippen molar-refractivity contribution in [2.75, 3.05) is 7.11 Å². The molecule has 0 aliphatic heterocycles. The van der Waals surface area contributed by atoms with Gasteiger partial charge < -0.3 is 14.7 Å². The van der Waals surface area contributed by atoms with Crippen LogP contribution in [0.5, 0.6) is 0 Å². The van der Waals surface area contributed by atoms with Crippen molar-refractivity contribution in [2.45, 2.75) is 6.92 Å². The fraction of sp³-hybridized carbons (Fsp3) is 0.105. The number of imidazole rings is 1. The lowest BCUT2D eigenvalue weighted by molar-refractivity contribution is 0.0600. The number of nitrogens with one attached hydrogen (secondary N) is 2. The minimum absolute atomic E-state index is 0.306. The summed E-state index contributed by atoms with van der Waals surface area (Å²) in [6.45, 7) is 1.77. The van der Waals surface area contributed by atoms with Crippen LogP contribution in [0.15, 0.2) is 53.5 Å². The van der Waals surface area contributed by atoms with Gasteiger partial charge in [0.15, 0.2) is 5.65 Å². The summed E-state index contributed by atoms with van der Waals surface area (Å²) < 4.78 is 6.36. The van der Waals surface area contributed by atoms with Crippen molar-refractivity contribution in [1.29, 1.82) is 0 Å². The smallest absolute Gasteiger partial charge is 0.341 e. The van der Waals surface area contributed by atoms with Gasteiger partial charge in [-0.3, -0.25) is 0 Å². The molecular formula is C19H16N4O3. The van der Waals surface area contributed by atoms with Gasteiger partial charge in [0.05, 0.1) is 24.0 Å². The number of hydrogen-bond donors (Lipinski definition) is 2. The molecule has 4 rings (SSSR count). The molecule has 7 nitrogen and oxygen atoms in total. The number of carbonyl (C=O) groups is 1. The van der Waals surface area contributed by atoms with Gasteiger partial charge in [-0.1, -0.05) is 30.3 Å². The zero-order valence-corrected chi connectivity index (χ0v) is 14.2. The summed E-state index contributed by atoms with van der Waals surface area (Å²) in [5.41, 5.74) is 3.50. The number of carbonyl (C=O) groups excluding carboxylic acids is 1. The van der Waals surface area contributed by atoms with Crippen molar-refractivity contribution >= 4 is 17.1 Å². The van der Waals surface area contributed by atoms with Crippen molar-refractivity contribution in [3.8, 4) is 16.9 Å². The number of benzene rings is 1. The summed E-state index contributed by atoms with van der Waals surface area (Å²) in [6, 6.07) is 13.0. The molecule has 0 spiro atoms. The van der Waals surface area contributed by atoms with E-state index in [4.69, 9.17) is 4.74 Å². The molecule has 2 N–H and O–H groups in total. The van der Waals surface area contributed by atoms with E-state index in [1.54, 1.807) is 25.3 Å². The molecule has 0 saturated carbocycles. The minimum Gasteiger partial charge on any atom is -0.465 e. The molecule has 0 amide bonds. The Hall–Kier alpha value is -3.61. The van der Waals surface area contributed by atoms with Crippen LogP contribution in [0.2, 0.25) is 0 Å². The minimum atomic E-state index is -0.520. The highest BCUT2D eigenvalue weighted by atomic mass is 16.5. The number of nitrogens with zero attached hydrogens (tertiary/aromatic N) is 2. The zero-order chi connectivity index (χ0) is 18.3. The topological polar surface area (TPSA) is 92.8 Å². The van der Waals surface area contributed by atoms with Crippen LogP contribution < -0.4 is 5.69 Å². The maximum absolute atomic E-state index is 12.7. The number of ether oxygens (including phenoxy) is 1. The Morgan fingerprint density at radius 2 is 1.88 bits per heavy atom. The van der Waals surface area contributed by atoms with E-state index in [9.17, 15) is 9.59 Å². The average molecular weight is 348 g/mol. The molecule has 0 saturated heterocycles. The third kappa shape index (κ3) is 2.33. The molecule has 3 heterocycles. The van der Waals surface area contributed by atoms with Gasteiger partial charge >= 0.3 is 11.7 Å². The van der Waals surface area contributed by atoms with Crippen molar-refractivity contribution in [1.82, 2.24) is 19.5 Å². The summed E-state index contributed by atoms with van der Waals surface area (Å²) in [5.74, 6) is -0.520. The SMILES string of the molecule is COC(=O)c1c(C)[nH]c(-c2ccccc2)c1-n1c(=O)[nH]c2cccnc21. The molecule has 26 heavy (non-hydrogen) atoms. The number of pyridine rings is 1. The molecule has 0 fully saturated rings. The first kappa shape index (κ1) is 15.9. The van der Waals surface area contributed by atoms with Crippen molar-refractivity contribution < 1.29 is 9.53 Å². The number of fused-ring (bicyclic) bond motifs is 1. The van der Waals surface area contributed by atoms with Gasteiger partial charge in [-0.2, -0.15) is 0 Å². The van der Waals surface area contributed by atoms with Crippen LogP contribution in [0.25, 0.3) is 28.1 Å². The maximum Gasteiger partial charge on any atom is 0.341 e. The highest BCUT2D eigenvalue weighted by Gasteiger charge is 2.26. The monoisotopic (exact) mass is 348 g/mol. The van der Waals surface area contributed by atoms with Gasteiger partial charge in [-0.05, 0) is 19.1 Å². The Kier molecular flexibility index (Phi) is 3.69. The third-order valence-electron chi connectivity index (χ3n) is 4.28. The van der Waals surface area contributed by atoms with E-state index >= 15 is 0 Å². The largest absolute Gasteiger partial charge is 0.465 e. The van der Waals surface area contributed by atoms with Gasteiger partial charge in [-0.15, -0.1) is 0 Å². The van der Waals surface area contributed by atoms with E-state index in [2.05, 4.69) is 15.0 Å². The number of aryl methyl sites for hydroxylation is 1. The molecule has 0 atom stereocenters. The highest BCUT2D eigenvalue weighted by Crippen LogP contribution is 2.32. The number of H-pyrrole nitrogens is 2. The standard InChI is InChI=1S/C19H16N4O3/c1-11-14(18(24)26-2)16(15(21-11)12-7-4-3-5-8-12)23-17-13(22-19(23)25)9-6-10-20-17/h3-10,21H,1-2H3,(H,22,25). The first-order valence-electron chi connectivity index (χ1n) is 8.04. The second kappa shape index (κ2) is 6.03. The second-order valence-electron chi connectivity index (χ2n) is 5.85. The number of aromatic nitrogens is 4. The van der Waals surface area contributed by atoms with Crippen LogP contribution in [-0.2, 0) is 4.74 Å². The number of rotatable bonds is 3. The molecule has 0 radical (unpaired) electrons. The van der Waals surface area contributed by atoms with E-state index < -0.39 is 5.97 Å². The molecule has 130 valence electrons. The van der Waals surface area contributed by atoms with Gasteiger partial charge in [0.25, 0.3) is 0 Å². The molecule has 0 bridgehead atoms. The number of esters is 1. The highest BCUT2D eigenvalue weighted by molar-refractivity contribution is 5.99. The van der Waals surface area contributed by atoms with Crippen LogP contribution in [0.1, 0.15) is 16.1 Å². The van der Waals surface area contributed by atoms with E-state index in [1.807, 2.05) is 30.3 Å². The molecule has 3 aromatic heterocycles. The summed E-state index contributed by atoms with van der Waals surface area (Å²) >= 11 is 0. The van der Waals surface area contributed by atoms with Gasteiger partial charge in [0.1, 0.15) is 5.56 Å². The molecular weight excluding hydrogens is 332 g/mol. The molecule has 0 aliphatic rings.